The summed E-state index contributed by atoms with van der Waals surface area (Å²) < 4.78 is 5.81. The fourth-order valence-corrected chi connectivity index (χ4v) is 2.17. The maximum atomic E-state index is 6.11. The van der Waals surface area contributed by atoms with Crippen molar-refractivity contribution in [3.05, 3.63) is 28.3 Å². The predicted molar refractivity (Wildman–Crippen MR) is 67.4 cm³/mol. The molecule has 1 atom stereocenters. The Balaban J connectivity index is 1.98. The van der Waals surface area contributed by atoms with Crippen molar-refractivity contribution in [2.75, 3.05) is 19.7 Å². The Morgan fingerprint density at radius 1 is 1.38 bits per heavy atom. The van der Waals surface area contributed by atoms with Gasteiger partial charge in [0.05, 0.1) is 6.61 Å². The second-order valence-electron chi connectivity index (χ2n) is 4.54. The number of aryl methyl sites for hydroxylation is 2. The van der Waals surface area contributed by atoms with Crippen LogP contribution in [0, 0.1) is 19.8 Å². The number of nitrogens with one attached hydrogen (secondary N) is 1. The molecule has 0 spiro atoms. The van der Waals surface area contributed by atoms with E-state index in [1.807, 2.05) is 26.0 Å². The average Bonchev–Trinajstić information content (AvgIpc) is 2.75. The lowest BCUT2D eigenvalue weighted by Crippen LogP contribution is -2.15. The minimum Gasteiger partial charge on any atom is -0.493 e. The topological polar surface area (TPSA) is 21.3 Å². The third-order valence-corrected chi connectivity index (χ3v) is 3.65. The van der Waals surface area contributed by atoms with Crippen LogP contribution in [0.5, 0.6) is 5.75 Å². The van der Waals surface area contributed by atoms with Crippen molar-refractivity contribution >= 4 is 11.6 Å². The first kappa shape index (κ1) is 11.7. The summed E-state index contributed by atoms with van der Waals surface area (Å²) in [5.74, 6) is 1.59. The fraction of sp³-hybridized carbons (Fsp3) is 0.538. The molecule has 2 nitrogen and oxygen atoms in total. The Hall–Kier alpha value is -0.730. The molecule has 0 unspecified atom stereocenters. The van der Waals surface area contributed by atoms with Crippen LogP contribution in [0.2, 0.25) is 5.02 Å². The number of rotatable bonds is 3. The van der Waals surface area contributed by atoms with E-state index in [2.05, 4.69) is 5.32 Å². The zero-order valence-corrected chi connectivity index (χ0v) is 10.6. The third kappa shape index (κ3) is 2.69. The van der Waals surface area contributed by atoms with Crippen molar-refractivity contribution in [2.24, 2.45) is 5.92 Å². The second kappa shape index (κ2) is 5.07. The Morgan fingerprint density at radius 2 is 2.06 bits per heavy atom. The summed E-state index contributed by atoms with van der Waals surface area (Å²) in [7, 11) is 0. The minimum atomic E-state index is 0.649. The minimum absolute atomic E-state index is 0.649. The van der Waals surface area contributed by atoms with Gasteiger partial charge >= 0.3 is 0 Å². The third-order valence-electron chi connectivity index (χ3n) is 3.06. The molecule has 0 amide bonds. The molecule has 0 aromatic heterocycles. The van der Waals surface area contributed by atoms with E-state index < -0.39 is 0 Å². The van der Waals surface area contributed by atoms with Gasteiger partial charge in [-0.25, -0.2) is 0 Å². The molecule has 1 aliphatic rings. The van der Waals surface area contributed by atoms with Gasteiger partial charge in [-0.15, -0.1) is 0 Å². The van der Waals surface area contributed by atoms with Gasteiger partial charge < -0.3 is 10.1 Å². The smallest absolute Gasteiger partial charge is 0.119 e. The van der Waals surface area contributed by atoms with E-state index in [0.717, 1.165) is 41.6 Å². The van der Waals surface area contributed by atoms with Gasteiger partial charge in [-0.05, 0) is 50.1 Å². The number of benzene rings is 1. The van der Waals surface area contributed by atoms with Crippen LogP contribution in [0.4, 0.5) is 0 Å². The average molecular weight is 240 g/mol. The molecule has 3 heteroatoms. The van der Waals surface area contributed by atoms with Gasteiger partial charge in [-0.1, -0.05) is 11.6 Å². The van der Waals surface area contributed by atoms with Crippen LogP contribution >= 0.6 is 11.6 Å². The highest BCUT2D eigenvalue weighted by Crippen LogP contribution is 2.26. The molecule has 1 saturated heterocycles. The molecule has 0 saturated carbocycles. The van der Waals surface area contributed by atoms with Gasteiger partial charge in [0, 0.05) is 17.5 Å². The van der Waals surface area contributed by atoms with Crippen LogP contribution < -0.4 is 10.1 Å². The van der Waals surface area contributed by atoms with Crippen molar-refractivity contribution in [3.63, 3.8) is 0 Å². The summed E-state index contributed by atoms with van der Waals surface area (Å²) in [5, 5.41) is 4.18. The molecule has 0 radical (unpaired) electrons. The molecule has 0 aliphatic carbocycles. The molecule has 1 aromatic carbocycles. The largest absolute Gasteiger partial charge is 0.493 e. The van der Waals surface area contributed by atoms with Crippen LogP contribution in [-0.4, -0.2) is 19.7 Å². The first-order chi connectivity index (χ1) is 7.66. The molecule has 88 valence electrons. The van der Waals surface area contributed by atoms with Crippen molar-refractivity contribution in [1.82, 2.24) is 5.32 Å². The lowest BCUT2D eigenvalue weighted by Gasteiger charge is -2.13. The van der Waals surface area contributed by atoms with Gasteiger partial charge in [0.25, 0.3) is 0 Å². The standard InChI is InChI=1S/C13H18ClNO/c1-9-5-12(6-10(2)13(9)14)16-8-11-3-4-15-7-11/h5-6,11,15H,3-4,7-8H2,1-2H3/t11-/m1/s1. The first-order valence-corrected chi connectivity index (χ1v) is 6.15. The highest BCUT2D eigenvalue weighted by atomic mass is 35.5. The van der Waals surface area contributed by atoms with Crippen LogP contribution in [0.1, 0.15) is 17.5 Å². The van der Waals surface area contributed by atoms with Crippen molar-refractivity contribution in [1.29, 1.82) is 0 Å². The van der Waals surface area contributed by atoms with Gasteiger partial charge in [-0.3, -0.25) is 0 Å². The highest BCUT2D eigenvalue weighted by molar-refractivity contribution is 6.32. The normalized spacial score (nSPS) is 20.1. The van der Waals surface area contributed by atoms with Gasteiger partial charge in [0.2, 0.25) is 0 Å². The maximum absolute atomic E-state index is 6.11. The summed E-state index contributed by atoms with van der Waals surface area (Å²) in [6.07, 6.45) is 1.21. The Bertz CT molecular complexity index is 349. The summed E-state index contributed by atoms with van der Waals surface area (Å²) in [5.41, 5.74) is 2.17. The molecule has 1 fully saturated rings. The van der Waals surface area contributed by atoms with Crippen molar-refractivity contribution in [2.45, 2.75) is 20.3 Å². The number of halogens is 1. The van der Waals surface area contributed by atoms with E-state index in [1.165, 1.54) is 6.42 Å². The van der Waals surface area contributed by atoms with E-state index in [9.17, 15) is 0 Å². The number of ether oxygens (including phenoxy) is 1. The quantitative estimate of drug-likeness (QED) is 0.876. The van der Waals surface area contributed by atoms with E-state index in [4.69, 9.17) is 16.3 Å². The summed E-state index contributed by atoms with van der Waals surface area (Å²) >= 11 is 6.11. The molecule has 1 N–H and O–H groups in total. The lowest BCUT2D eigenvalue weighted by molar-refractivity contribution is 0.260. The number of hydrogen-bond donors (Lipinski definition) is 1. The van der Waals surface area contributed by atoms with Crippen LogP contribution in [0.25, 0.3) is 0 Å². The first-order valence-electron chi connectivity index (χ1n) is 5.77. The van der Waals surface area contributed by atoms with Gasteiger partial charge in [0.15, 0.2) is 0 Å². The van der Waals surface area contributed by atoms with Crippen molar-refractivity contribution in [3.8, 4) is 5.75 Å². The molecule has 0 bridgehead atoms. The Kier molecular flexibility index (Phi) is 3.72. The fourth-order valence-electron chi connectivity index (χ4n) is 2.06. The number of hydrogen-bond acceptors (Lipinski definition) is 2. The highest BCUT2D eigenvalue weighted by Gasteiger charge is 2.15. The maximum Gasteiger partial charge on any atom is 0.119 e. The molecule has 1 aliphatic heterocycles. The molecule has 2 rings (SSSR count). The molecular weight excluding hydrogens is 222 g/mol. The van der Waals surface area contributed by atoms with Gasteiger partial charge in [0.1, 0.15) is 5.75 Å². The molecule has 1 aromatic rings. The van der Waals surface area contributed by atoms with Crippen molar-refractivity contribution < 1.29 is 4.74 Å². The predicted octanol–water partition coefficient (Wildman–Crippen LogP) is 2.95. The Labute approximate surface area is 102 Å². The zero-order valence-electron chi connectivity index (χ0n) is 9.85. The van der Waals surface area contributed by atoms with E-state index in [0.29, 0.717) is 5.92 Å². The monoisotopic (exact) mass is 239 g/mol. The summed E-state index contributed by atoms with van der Waals surface area (Å²) in [6.45, 7) is 7.02. The van der Waals surface area contributed by atoms with Crippen LogP contribution in [0.15, 0.2) is 12.1 Å². The van der Waals surface area contributed by atoms with Crippen LogP contribution in [-0.2, 0) is 0 Å². The van der Waals surface area contributed by atoms with E-state index >= 15 is 0 Å². The van der Waals surface area contributed by atoms with Crippen LogP contribution in [0.3, 0.4) is 0 Å². The van der Waals surface area contributed by atoms with E-state index in [-0.39, 0.29) is 0 Å². The second-order valence-corrected chi connectivity index (χ2v) is 4.92. The van der Waals surface area contributed by atoms with Gasteiger partial charge in [-0.2, -0.15) is 0 Å². The SMILES string of the molecule is Cc1cc(OC[C@@H]2CCNC2)cc(C)c1Cl. The molecule has 16 heavy (non-hydrogen) atoms. The molecular formula is C13H18ClNO. The Morgan fingerprint density at radius 3 is 2.62 bits per heavy atom. The molecule has 1 heterocycles. The zero-order chi connectivity index (χ0) is 11.5. The lowest BCUT2D eigenvalue weighted by atomic mass is 10.1. The van der Waals surface area contributed by atoms with E-state index in [1.54, 1.807) is 0 Å². The summed E-state index contributed by atoms with van der Waals surface area (Å²) in [6, 6.07) is 4.02. The summed E-state index contributed by atoms with van der Waals surface area (Å²) in [4.78, 5) is 0.